The van der Waals surface area contributed by atoms with Crippen molar-refractivity contribution in [2.75, 3.05) is 24.7 Å². The standard InChI is InChI=1S/C18H18N4O2/c19-14-3-1-13(2-4-14)18-21-11-17(12-22-18)24-10-9-23-16-7-5-15(20)6-8-16/h1-8,11-12H,9-10,19-20H2. The lowest BCUT2D eigenvalue weighted by molar-refractivity contribution is 0.216. The monoisotopic (exact) mass is 322 g/mol. The van der Waals surface area contributed by atoms with Gasteiger partial charge in [-0.15, -0.1) is 0 Å². The van der Waals surface area contributed by atoms with Gasteiger partial charge in [0.1, 0.15) is 19.0 Å². The van der Waals surface area contributed by atoms with Crippen molar-refractivity contribution in [3.63, 3.8) is 0 Å². The van der Waals surface area contributed by atoms with E-state index >= 15 is 0 Å². The first kappa shape index (κ1) is 15.6. The number of hydrogen-bond donors (Lipinski definition) is 2. The Morgan fingerprint density at radius 1 is 0.667 bits per heavy atom. The Morgan fingerprint density at radius 3 is 1.75 bits per heavy atom. The molecule has 0 spiro atoms. The predicted octanol–water partition coefficient (Wildman–Crippen LogP) is 2.77. The average Bonchev–Trinajstić information content (AvgIpc) is 2.62. The minimum Gasteiger partial charge on any atom is -0.490 e. The average molecular weight is 322 g/mol. The van der Waals surface area contributed by atoms with E-state index in [9.17, 15) is 0 Å². The predicted molar refractivity (Wildman–Crippen MR) is 93.7 cm³/mol. The van der Waals surface area contributed by atoms with Gasteiger partial charge in [0.15, 0.2) is 11.6 Å². The van der Waals surface area contributed by atoms with Crippen LogP contribution in [0.5, 0.6) is 11.5 Å². The number of nitrogen functional groups attached to an aromatic ring is 2. The molecule has 24 heavy (non-hydrogen) atoms. The Labute approximate surface area is 140 Å². The molecule has 122 valence electrons. The molecule has 0 aliphatic carbocycles. The van der Waals surface area contributed by atoms with Crippen LogP contribution in [0, 0.1) is 0 Å². The van der Waals surface area contributed by atoms with Crippen LogP contribution in [0.15, 0.2) is 60.9 Å². The number of rotatable bonds is 6. The van der Waals surface area contributed by atoms with Crippen LogP contribution in [-0.2, 0) is 0 Å². The molecule has 6 heteroatoms. The fourth-order valence-electron chi connectivity index (χ4n) is 2.06. The molecule has 1 aromatic heterocycles. The second kappa shape index (κ2) is 7.32. The van der Waals surface area contributed by atoms with E-state index in [2.05, 4.69) is 9.97 Å². The van der Waals surface area contributed by atoms with Crippen molar-refractivity contribution in [3.8, 4) is 22.9 Å². The van der Waals surface area contributed by atoms with E-state index < -0.39 is 0 Å². The van der Waals surface area contributed by atoms with Gasteiger partial charge in [-0.1, -0.05) is 0 Å². The zero-order chi connectivity index (χ0) is 16.8. The minimum atomic E-state index is 0.398. The molecular weight excluding hydrogens is 304 g/mol. The molecule has 3 aromatic rings. The van der Waals surface area contributed by atoms with E-state index in [1.165, 1.54) is 0 Å². The quantitative estimate of drug-likeness (QED) is 0.535. The van der Waals surface area contributed by atoms with Crippen LogP contribution in [0.25, 0.3) is 11.4 Å². The largest absolute Gasteiger partial charge is 0.490 e. The Bertz CT molecular complexity index is 772. The van der Waals surface area contributed by atoms with Gasteiger partial charge in [-0.25, -0.2) is 9.97 Å². The SMILES string of the molecule is Nc1ccc(OCCOc2cnc(-c3ccc(N)cc3)nc2)cc1. The molecule has 0 amide bonds. The van der Waals surface area contributed by atoms with Crippen molar-refractivity contribution in [3.05, 3.63) is 60.9 Å². The summed E-state index contributed by atoms with van der Waals surface area (Å²) in [5, 5.41) is 0. The molecule has 0 atom stereocenters. The van der Waals surface area contributed by atoms with Crippen molar-refractivity contribution in [2.24, 2.45) is 0 Å². The fourth-order valence-corrected chi connectivity index (χ4v) is 2.06. The molecule has 2 aromatic carbocycles. The first-order valence-corrected chi connectivity index (χ1v) is 7.50. The topological polar surface area (TPSA) is 96.3 Å². The molecule has 4 N–H and O–H groups in total. The molecule has 0 aliphatic rings. The first-order valence-electron chi connectivity index (χ1n) is 7.50. The number of hydrogen-bond acceptors (Lipinski definition) is 6. The van der Waals surface area contributed by atoms with Gasteiger partial charge in [-0.2, -0.15) is 0 Å². The normalized spacial score (nSPS) is 10.3. The van der Waals surface area contributed by atoms with Gasteiger partial charge in [-0.05, 0) is 48.5 Å². The van der Waals surface area contributed by atoms with Crippen molar-refractivity contribution in [1.82, 2.24) is 9.97 Å². The number of nitrogens with zero attached hydrogens (tertiary/aromatic N) is 2. The maximum atomic E-state index is 5.67. The molecule has 0 radical (unpaired) electrons. The zero-order valence-electron chi connectivity index (χ0n) is 13.1. The molecule has 0 aliphatic heterocycles. The van der Waals surface area contributed by atoms with E-state index in [1.807, 2.05) is 36.4 Å². The van der Waals surface area contributed by atoms with Crippen molar-refractivity contribution < 1.29 is 9.47 Å². The second-order valence-corrected chi connectivity index (χ2v) is 5.13. The van der Waals surface area contributed by atoms with E-state index in [0.29, 0.717) is 36.2 Å². The highest BCUT2D eigenvalue weighted by Crippen LogP contribution is 2.18. The van der Waals surface area contributed by atoms with Crippen molar-refractivity contribution in [2.45, 2.75) is 0 Å². The van der Waals surface area contributed by atoms with Crippen LogP contribution >= 0.6 is 0 Å². The highest BCUT2D eigenvalue weighted by Gasteiger charge is 2.02. The van der Waals surface area contributed by atoms with Crippen LogP contribution in [0.3, 0.4) is 0 Å². The summed E-state index contributed by atoms with van der Waals surface area (Å²) < 4.78 is 11.1. The number of ether oxygens (including phenoxy) is 2. The van der Waals surface area contributed by atoms with Gasteiger partial charge in [0, 0.05) is 16.9 Å². The molecular formula is C18H18N4O2. The van der Waals surface area contributed by atoms with E-state index in [4.69, 9.17) is 20.9 Å². The van der Waals surface area contributed by atoms with E-state index in [0.717, 1.165) is 11.3 Å². The van der Waals surface area contributed by atoms with Gasteiger partial charge in [0.25, 0.3) is 0 Å². The van der Waals surface area contributed by atoms with Crippen molar-refractivity contribution in [1.29, 1.82) is 0 Å². The van der Waals surface area contributed by atoms with Crippen molar-refractivity contribution >= 4 is 11.4 Å². The summed E-state index contributed by atoms with van der Waals surface area (Å²) in [7, 11) is 0. The Hall–Kier alpha value is -3.28. The molecule has 6 nitrogen and oxygen atoms in total. The molecule has 0 unspecified atom stereocenters. The number of anilines is 2. The molecule has 3 rings (SSSR count). The zero-order valence-corrected chi connectivity index (χ0v) is 13.1. The summed E-state index contributed by atoms with van der Waals surface area (Å²) in [4.78, 5) is 8.59. The Balaban J connectivity index is 1.49. The summed E-state index contributed by atoms with van der Waals surface area (Å²) in [6.45, 7) is 0.818. The lowest BCUT2D eigenvalue weighted by Gasteiger charge is -2.08. The van der Waals surface area contributed by atoms with Gasteiger partial charge < -0.3 is 20.9 Å². The van der Waals surface area contributed by atoms with Gasteiger partial charge >= 0.3 is 0 Å². The maximum absolute atomic E-state index is 5.67. The molecule has 0 fully saturated rings. The molecule has 1 heterocycles. The highest BCUT2D eigenvalue weighted by molar-refractivity contribution is 5.58. The third-order valence-electron chi connectivity index (χ3n) is 3.30. The van der Waals surface area contributed by atoms with Crippen LogP contribution < -0.4 is 20.9 Å². The van der Waals surface area contributed by atoms with Crippen LogP contribution in [-0.4, -0.2) is 23.2 Å². The highest BCUT2D eigenvalue weighted by atomic mass is 16.5. The number of benzene rings is 2. The first-order chi connectivity index (χ1) is 11.7. The van der Waals surface area contributed by atoms with E-state index in [-0.39, 0.29) is 0 Å². The Morgan fingerprint density at radius 2 is 1.17 bits per heavy atom. The lowest BCUT2D eigenvalue weighted by Crippen LogP contribution is -2.09. The maximum Gasteiger partial charge on any atom is 0.159 e. The number of aromatic nitrogens is 2. The summed E-state index contributed by atoms with van der Waals surface area (Å²) >= 11 is 0. The Kier molecular flexibility index (Phi) is 4.76. The van der Waals surface area contributed by atoms with Crippen LogP contribution in [0.2, 0.25) is 0 Å². The fraction of sp³-hybridized carbons (Fsp3) is 0.111. The molecule has 0 saturated carbocycles. The summed E-state index contributed by atoms with van der Waals surface area (Å²) in [6, 6.07) is 14.6. The summed E-state index contributed by atoms with van der Waals surface area (Å²) in [5.74, 6) is 1.97. The smallest absolute Gasteiger partial charge is 0.159 e. The van der Waals surface area contributed by atoms with E-state index in [1.54, 1.807) is 24.5 Å². The third kappa shape index (κ3) is 4.13. The van der Waals surface area contributed by atoms with Crippen LogP contribution in [0.1, 0.15) is 0 Å². The second-order valence-electron chi connectivity index (χ2n) is 5.13. The third-order valence-corrected chi connectivity index (χ3v) is 3.30. The lowest BCUT2D eigenvalue weighted by atomic mass is 10.2. The molecule has 0 saturated heterocycles. The summed E-state index contributed by atoms with van der Waals surface area (Å²) in [6.07, 6.45) is 3.28. The molecule has 0 bridgehead atoms. The minimum absolute atomic E-state index is 0.398. The number of nitrogens with two attached hydrogens (primary N) is 2. The summed E-state index contributed by atoms with van der Waals surface area (Å²) in [5.41, 5.74) is 13.6. The van der Waals surface area contributed by atoms with Gasteiger partial charge in [0.2, 0.25) is 0 Å². The van der Waals surface area contributed by atoms with Gasteiger partial charge in [-0.3, -0.25) is 0 Å². The van der Waals surface area contributed by atoms with Gasteiger partial charge in [0.05, 0.1) is 12.4 Å². The van der Waals surface area contributed by atoms with Crippen LogP contribution in [0.4, 0.5) is 11.4 Å².